The van der Waals surface area contributed by atoms with Crippen molar-refractivity contribution in [1.82, 2.24) is 9.55 Å². The van der Waals surface area contributed by atoms with E-state index >= 15 is 0 Å². The molecule has 2 saturated carbocycles. The molecule has 4 aliphatic rings. The third-order valence-corrected chi connectivity index (χ3v) is 6.99. The molecule has 3 unspecified atom stereocenters. The van der Waals surface area contributed by atoms with Gasteiger partial charge in [0.2, 0.25) is 0 Å². The molecule has 24 heavy (non-hydrogen) atoms. The van der Waals surface area contributed by atoms with E-state index in [1.807, 2.05) is 6.20 Å². The Morgan fingerprint density at radius 1 is 1.08 bits per heavy atom. The summed E-state index contributed by atoms with van der Waals surface area (Å²) in [5.41, 5.74) is 5.94. The van der Waals surface area contributed by atoms with Gasteiger partial charge in [-0.3, -0.25) is 4.98 Å². The lowest BCUT2D eigenvalue weighted by molar-refractivity contribution is 0.205. The van der Waals surface area contributed by atoms with E-state index in [4.69, 9.17) is 0 Å². The lowest BCUT2D eigenvalue weighted by Gasteiger charge is -2.36. The first-order valence-corrected chi connectivity index (χ1v) is 9.75. The quantitative estimate of drug-likeness (QED) is 0.698. The van der Waals surface area contributed by atoms with Crippen LogP contribution in [0.3, 0.4) is 0 Å². The van der Waals surface area contributed by atoms with Gasteiger partial charge in [-0.2, -0.15) is 0 Å². The Morgan fingerprint density at radius 2 is 2.00 bits per heavy atom. The summed E-state index contributed by atoms with van der Waals surface area (Å²) in [7, 11) is 0. The van der Waals surface area contributed by atoms with Gasteiger partial charge in [-0.1, -0.05) is 18.2 Å². The second-order valence-corrected chi connectivity index (χ2v) is 8.29. The van der Waals surface area contributed by atoms with Crippen molar-refractivity contribution in [2.45, 2.75) is 51.0 Å². The standard InChI is InChI=1S/C22H24N2/c1-2-15-6-7-17-12-16(14-4-5-14)8-9-20(17)24-21-10-11-23-13-19(21)18(3-1)22(15)24/h2,6-7,10-11,13-14,16-17,20H,1,3-5,8-9,12H2. The maximum absolute atomic E-state index is 4.43. The van der Waals surface area contributed by atoms with E-state index in [1.54, 1.807) is 5.56 Å². The molecule has 2 aromatic heterocycles. The Hall–Kier alpha value is -1.83. The van der Waals surface area contributed by atoms with Crippen LogP contribution in [-0.2, 0) is 6.42 Å². The minimum Gasteiger partial charge on any atom is -0.336 e. The van der Waals surface area contributed by atoms with Gasteiger partial charge in [-0.05, 0) is 79.9 Å². The van der Waals surface area contributed by atoms with Gasteiger partial charge < -0.3 is 4.57 Å². The lowest BCUT2D eigenvalue weighted by atomic mass is 9.75. The van der Waals surface area contributed by atoms with Gasteiger partial charge in [0.05, 0.1) is 11.2 Å². The summed E-state index contributed by atoms with van der Waals surface area (Å²) in [4.78, 5) is 4.43. The summed E-state index contributed by atoms with van der Waals surface area (Å²) < 4.78 is 2.71. The minimum absolute atomic E-state index is 0.647. The van der Waals surface area contributed by atoms with Crippen LogP contribution in [0, 0.1) is 17.8 Å². The highest BCUT2D eigenvalue weighted by Crippen LogP contribution is 2.51. The summed E-state index contributed by atoms with van der Waals surface area (Å²) >= 11 is 0. The number of hydrogen-bond donors (Lipinski definition) is 0. The highest BCUT2D eigenvalue weighted by atomic mass is 15.0. The molecule has 2 nitrogen and oxygen atoms in total. The van der Waals surface area contributed by atoms with E-state index in [2.05, 4.69) is 40.0 Å². The molecule has 1 aliphatic heterocycles. The number of fused-ring (bicyclic) bond motifs is 5. The second-order valence-electron chi connectivity index (χ2n) is 8.29. The molecule has 0 spiro atoms. The van der Waals surface area contributed by atoms with Crippen LogP contribution in [0.25, 0.3) is 16.5 Å². The second kappa shape index (κ2) is 4.84. The van der Waals surface area contributed by atoms with Crippen LogP contribution >= 0.6 is 0 Å². The SMILES string of the molecule is C1=CC2CC(C3CC3)CCC2n2c3c(c4cnccc42)CCC=C13. The van der Waals surface area contributed by atoms with Crippen molar-refractivity contribution in [3.63, 3.8) is 0 Å². The van der Waals surface area contributed by atoms with E-state index < -0.39 is 0 Å². The molecule has 0 bridgehead atoms. The first kappa shape index (κ1) is 13.5. The molecule has 3 heterocycles. The number of hydrogen-bond acceptors (Lipinski definition) is 1. The molecule has 0 N–H and O–H groups in total. The predicted molar refractivity (Wildman–Crippen MR) is 97.8 cm³/mol. The molecule has 2 fully saturated rings. The Morgan fingerprint density at radius 3 is 2.92 bits per heavy atom. The molecule has 3 aliphatic carbocycles. The van der Waals surface area contributed by atoms with Crippen molar-refractivity contribution in [3.05, 3.63) is 47.9 Å². The van der Waals surface area contributed by atoms with Crippen LogP contribution in [0.5, 0.6) is 0 Å². The smallest absolute Gasteiger partial charge is 0.0524 e. The van der Waals surface area contributed by atoms with Crippen molar-refractivity contribution in [3.8, 4) is 0 Å². The van der Waals surface area contributed by atoms with Gasteiger partial charge >= 0.3 is 0 Å². The maximum atomic E-state index is 4.43. The van der Waals surface area contributed by atoms with Crippen LogP contribution in [-0.4, -0.2) is 9.55 Å². The molecular formula is C22H24N2. The fourth-order valence-corrected chi connectivity index (χ4v) is 5.72. The van der Waals surface area contributed by atoms with Crippen LogP contribution < -0.4 is 0 Å². The largest absolute Gasteiger partial charge is 0.336 e. The highest BCUT2D eigenvalue weighted by Gasteiger charge is 2.40. The molecule has 0 amide bonds. The van der Waals surface area contributed by atoms with Crippen LogP contribution in [0.1, 0.15) is 55.8 Å². The molecular weight excluding hydrogens is 292 g/mol. The normalized spacial score (nSPS) is 31.3. The molecule has 6 rings (SSSR count). The van der Waals surface area contributed by atoms with Crippen LogP contribution in [0.2, 0.25) is 0 Å². The Bertz CT molecular complexity index is 881. The number of rotatable bonds is 1. The van der Waals surface area contributed by atoms with Crippen molar-refractivity contribution in [2.75, 3.05) is 0 Å². The van der Waals surface area contributed by atoms with Crippen LogP contribution in [0.4, 0.5) is 0 Å². The maximum Gasteiger partial charge on any atom is 0.0524 e. The number of aromatic nitrogens is 2. The monoisotopic (exact) mass is 316 g/mol. The summed E-state index contributed by atoms with van der Waals surface area (Å²) in [5.74, 6) is 2.75. The van der Waals surface area contributed by atoms with Crippen molar-refractivity contribution in [2.24, 2.45) is 17.8 Å². The van der Waals surface area contributed by atoms with Gasteiger partial charge in [0.25, 0.3) is 0 Å². The predicted octanol–water partition coefficient (Wildman–Crippen LogP) is 5.30. The average Bonchev–Trinajstić information content (AvgIpc) is 3.43. The Labute approximate surface area is 143 Å². The summed E-state index contributed by atoms with van der Waals surface area (Å²) in [5, 5.41) is 1.40. The van der Waals surface area contributed by atoms with Gasteiger partial charge in [0.15, 0.2) is 0 Å². The zero-order valence-electron chi connectivity index (χ0n) is 14.1. The molecule has 2 heteroatoms. The summed E-state index contributed by atoms with van der Waals surface area (Å²) in [6, 6.07) is 2.90. The van der Waals surface area contributed by atoms with E-state index in [9.17, 15) is 0 Å². The molecule has 122 valence electrons. The fourth-order valence-electron chi connectivity index (χ4n) is 5.72. The van der Waals surface area contributed by atoms with E-state index in [0.29, 0.717) is 12.0 Å². The molecule has 0 saturated heterocycles. The molecule has 2 aromatic rings. The van der Waals surface area contributed by atoms with Crippen molar-refractivity contribution in [1.29, 1.82) is 0 Å². The topological polar surface area (TPSA) is 17.8 Å². The first-order valence-electron chi connectivity index (χ1n) is 9.75. The summed E-state index contributed by atoms with van der Waals surface area (Å²) in [6.45, 7) is 0. The Balaban J connectivity index is 1.56. The van der Waals surface area contributed by atoms with Gasteiger partial charge in [-0.15, -0.1) is 0 Å². The minimum atomic E-state index is 0.647. The van der Waals surface area contributed by atoms with Gasteiger partial charge in [0.1, 0.15) is 0 Å². The average molecular weight is 316 g/mol. The lowest BCUT2D eigenvalue weighted by Crippen LogP contribution is -2.27. The number of nitrogens with zero attached hydrogens (tertiary/aromatic N) is 2. The van der Waals surface area contributed by atoms with E-state index in [0.717, 1.165) is 11.8 Å². The van der Waals surface area contributed by atoms with Gasteiger partial charge in [0, 0.05) is 23.8 Å². The first-order chi connectivity index (χ1) is 11.9. The highest BCUT2D eigenvalue weighted by molar-refractivity contribution is 5.92. The Kier molecular flexibility index (Phi) is 2.72. The zero-order chi connectivity index (χ0) is 15.7. The molecule has 0 radical (unpaired) electrons. The van der Waals surface area contributed by atoms with E-state index in [1.165, 1.54) is 67.1 Å². The van der Waals surface area contributed by atoms with Crippen LogP contribution in [0.15, 0.2) is 36.7 Å². The van der Waals surface area contributed by atoms with Gasteiger partial charge in [-0.25, -0.2) is 0 Å². The van der Waals surface area contributed by atoms with E-state index in [-0.39, 0.29) is 0 Å². The molecule has 0 aromatic carbocycles. The number of aryl methyl sites for hydroxylation is 1. The third kappa shape index (κ3) is 1.80. The fraction of sp³-hybridized carbons (Fsp3) is 0.500. The summed E-state index contributed by atoms with van der Waals surface area (Å²) in [6.07, 6.45) is 21.0. The third-order valence-electron chi connectivity index (χ3n) is 6.99. The number of allylic oxidation sites excluding steroid dienone is 4. The van der Waals surface area contributed by atoms with Crippen molar-refractivity contribution >= 4 is 16.5 Å². The zero-order valence-corrected chi connectivity index (χ0v) is 14.1. The van der Waals surface area contributed by atoms with Crippen molar-refractivity contribution < 1.29 is 0 Å². The number of pyridine rings is 1. The molecule has 3 atom stereocenters.